The molecule has 2 saturated heterocycles. The van der Waals surface area contributed by atoms with Gasteiger partial charge >= 0.3 is 6.09 Å². The van der Waals surface area contributed by atoms with Crippen LogP contribution in [0.2, 0.25) is 10.0 Å². The highest BCUT2D eigenvalue weighted by Gasteiger charge is 2.27. The molecule has 2 aliphatic heterocycles. The summed E-state index contributed by atoms with van der Waals surface area (Å²) < 4.78 is 16.9. The molecular weight excluding hydrogens is 527 g/mol. The van der Waals surface area contributed by atoms with E-state index in [-0.39, 0.29) is 24.6 Å². The van der Waals surface area contributed by atoms with E-state index in [1.807, 2.05) is 26.8 Å². The first kappa shape index (κ1) is 30.2. The molecule has 2 aromatic rings. The average Bonchev–Trinajstić information content (AvgIpc) is 2.83. The van der Waals surface area contributed by atoms with Gasteiger partial charge in [0.05, 0.1) is 10.0 Å². The van der Waals surface area contributed by atoms with Gasteiger partial charge in [-0.25, -0.2) is 14.8 Å². The van der Waals surface area contributed by atoms with Crippen LogP contribution in [-0.2, 0) is 4.74 Å². The summed E-state index contributed by atoms with van der Waals surface area (Å²) in [4.78, 5) is 21.9. The van der Waals surface area contributed by atoms with Gasteiger partial charge in [-0.3, -0.25) is 0 Å². The molecule has 1 amide bonds. The standard InChI is InChI=1S/C15H21ClN2O3.C10H13ClN2O.ClH/c1-15(2,3)21-14(19)18-8-6-12(7-9-18)20-13-5-4-11(16)10-17-13;11-8-1-2-10(13-7-8)14-9-3-5-12-6-4-9;/h4-5,10,12H,6-9H2,1-3H3;1-2,7,9,12H,3-6H2;1H. The van der Waals surface area contributed by atoms with Crippen molar-refractivity contribution in [2.75, 3.05) is 26.2 Å². The summed E-state index contributed by atoms with van der Waals surface area (Å²) >= 11 is 11.5. The summed E-state index contributed by atoms with van der Waals surface area (Å²) in [5.41, 5.74) is -0.461. The number of aromatic nitrogens is 2. The molecule has 200 valence electrons. The van der Waals surface area contributed by atoms with E-state index in [0.29, 0.717) is 41.0 Å². The fourth-order valence-corrected chi connectivity index (χ4v) is 3.83. The van der Waals surface area contributed by atoms with Crippen molar-refractivity contribution in [3.63, 3.8) is 0 Å². The number of amides is 1. The van der Waals surface area contributed by atoms with E-state index < -0.39 is 5.60 Å². The summed E-state index contributed by atoms with van der Waals surface area (Å²) in [6.45, 7) is 8.92. The topological polar surface area (TPSA) is 85.8 Å². The lowest BCUT2D eigenvalue weighted by molar-refractivity contribution is 0.0123. The van der Waals surface area contributed by atoms with Crippen molar-refractivity contribution in [2.45, 2.75) is 64.3 Å². The number of hydrogen-bond acceptors (Lipinski definition) is 7. The number of nitrogens with zero attached hydrogens (tertiary/aromatic N) is 3. The van der Waals surface area contributed by atoms with Gasteiger partial charge in [-0.05, 0) is 58.8 Å². The third kappa shape index (κ3) is 10.9. The molecule has 4 heterocycles. The molecule has 2 fully saturated rings. The summed E-state index contributed by atoms with van der Waals surface area (Å²) in [5.74, 6) is 1.23. The van der Waals surface area contributed by atoms with Gasteiger partial charge in [-0.1, -0.05) is 23.2 Å². The van der Waals surface area contributed by atoms with E-state index in [1.54, 1.807) is 35.5 Å². The third-order valence-corrected chi connectivity index (χ3v) is 5.80. The number of pyridine rings is 2. The first-order chi connectivity index (χ1) is 16.7. The molecule has 0 unspecified atom stereocenters. The number of likely N-dealkylation sites (tertiary alicyclic amines) is 1. The predicted molar refractivity (Wildman–Crippen MR) is 144 cm³/mol. The van der Waals surface area contributed by atoms with Crippen LogP contribution in [-0.4, -0.2) is 64.9 Å². The number of rotatable bonds is 4. The van der Waals surface area contributed by atoms with E-state index in [0.717, 1.165) is 38.8 Å². The zero-order valence-corrected chi connectivity index (χ0v) is 23.2. The second-order valence-electron chi connectivity index (χ2n) is 9.48. The Morgan fingerprint density at radius 3 is 1.78 bits per heavy atom. The Bertz CT molecular complexity index is 912. The Labute approximate surface area is 229 Å². The van der Waals surface area contributed by atoms with Crippen LogP contribution in [0, 0.1) is 0 Å². The smallest absolute Gasteiger partial charge is 0.410 e. The van der Waals surface area contributed by atoms with Crippen LogP contribution in [0.1, 0.15) is 46.5 Å². The molecule has 0 saturated carbocycles. The Kier molecular flexibility index (Phi) is 12.3. The Morgan fingerprint density at radius 1 is 0.889 bits per heavy atom. The van der Waals surface area contributed by atoms with Crippen LogP contribution in [0.5, 0.6) is 11.8 Å². The maximum absolute atomic E-state index is 12.0. The average molecular weight is 562 g/mol. The number of piperidine rings is 2. The van der Waals surface area contributed by atoms with Gasteiger partial charge in [0.2, 0.25) is 11.8 Å². The lowest BCUT2D eigenvalue weighted by atomic mass is 10.1. The number of ether oxygens (including phenoxy) is 3. The molecule has 0 aromatic carbocycles. The maximum atomic E-state index is 12.0. The van der Waals surface area contributed by atoms with Gasteiger partial charge < -0.3 is 24.4 Å². The van der Waals surface area contributed by atoms with E-state index in [1.165, 1.54) is 0 Å². The second kappa shape index (κ2) is 14.7. The Balaban J connectivity index is 0.000000265. The monoisotopic (exact) mass is 560 g/mol. The van der Waals surface area contributed by atoms with Crippen molar-refractivity contribution in [3.05, 3.63) is 46.7 Å². The van der Waals surface area contributed by atoms with Crippen molar-refractivity contribution in [3.8, 4) is 11.8 Å². The second-order valence-corrected chi connectivity index (χ2v) is 10.4. The molecule has 0 aliphatic carbocycles. The lowest BCUT2D eigenvalue weighted by Gasteiger charge is -2.33. The molecule has 0 bridgehead atoms. The number of carbonyl (C=O) groups is 1. The lowest BCUT2D eigenvalue weighted by Crippen LogP contribution is -2.44. The predicted octanol–water partition coefficient (Wildman–Crippen LogP) is 5.80. The van der Waals surface area contributed by atoms with Crippen molar-refractivity contribution in [1.29, 1.82) is 0 Å². The Hall–Kier alpha value is -2.00. The van der Waals surface area contributed by atoms with E-state index in [2.05, 4.69) is 15.3 Å². The zero-order chi connectivity index (χ0) is 25.3. The zero-order valence-electron chi connectivity index (χ0n) is 20.9. The molecule has 8 nitrogen and oxygen atoms in total. The largest absolute Gasteiger partial charge is 0.474 e. The van der Waals surface area contributed by atoms with Crippen molar-refractivity contribution < 1.29 is 19.0 Å². The van der Waals surface area contributed by atoms with Crippen LogP contribution < -0.4 is 14.8 Å². The molecule has 4 rings (SSSR count). The fourth-order valence-electron chi connectivity index (χ4n) is 3.60. The normalized spacial score (nSPS) is 16.8. The van der Waals surface area contributed by atoms with Crippen LogP contribution in [0.4, 0.5) is 4.79 Å². The van der Waals surface area contributed by atoms with Crippen molar-refractivity contribution >= 4 is 41.7 Å². The summed E-state index contributed by atoms with van der Waals surface area (Å²) in [7, 11) is 0. The van der Waals surface area contributed by atoms with Gasteiger partial charge in [0.15, 0.2) is 0 Å². The highest BCUT2D eigenvalue weighted by molar-refractivity contribution is 6.30. The van der Waals surface area contributed by atoms with Gasteiger partial charge in [0, 0.05) is 50.5 Å². The molecule has 36 heavy (non-hydrogen) atoms. The molecule has 11 heteroatoms. The van der Waals surface area contributed by atoms with Crippen LogP contribution >= 0.6 is 35.6 Å². The first-order valence-corrected chi connectivity index (χ1v) is 12.7. The molecule has 0 atom stereocenters. The van der Waals surface area contributed by atoms with Crippen LogP contribution in [0.3, 0.4) is 0 Å². The van der Waals surface area contributed by atoms with E-state index in [9.17, 15) is 4.79 Å². The van der Waals surface area contributed by atoms with Crippen LogP contribution in [0.25, 0.3) is 0 Å². The van der Waals surface area contributed by atoms with E-state index >= 15 is 0 Å². The molecule has 2 aliphatic rings. The number of carbonyl (C=O) groups excluding carboxylic acids is 1. The minimum atomic E-state index is -0.461. The van der Waals surface area contributed by atoms with Gasteiger partial charge in [-0.2, -0.15) is 0 Å². The Morgan fingerprint density at radius 2 is 1.36 bits per heavy atom. The van der Waals surface area contributed by atoms with Crippen LogP contribution in [0.15, 0.2) is 36.7 Å². The summed E-state index contributed by atoms with van der Waals surface area (Å²) in [6.07, 6.45) is 6.90. The van der Waals surface area contributed by atoms with E-state index in [4.69, 9.17) is 37.4 Å². The highest BCUT2D eigenvalue weighted by atomic mass is 35.5. The molecular formula is C25H35Cl3N4O4. The summed E-state index contributed by atoms with van der Waals surface area (Å²) in [6, 6.07) is 7.11. The number of hydrogen-bond donors (Lipinski definition) is 1. The maximum Gasteiger partial charge on any atom is 0.410 e. The minimum absolute atomic E-state index is 0. The highest BCUT2D eigenvalue weighted by Crippen LogP contribution is 2.20. The molecule has 0 radical (unpaired) electrons. The molecule has 2 aromatic heterocycles. The first-order valence-electron chi connectivity index (χ1n) is 11.9. The SMILES string of the molecule is CC(C)(C)OC(=O)N1CCC(Oc2ccc(Cl)cn2)CC1.Cl.Clc1ccc(OC2CCNCC2)nc1. The quantitative estimate of drug-likeness (QED) is 0.505. The van der Waals surface area contributed by atoms with Gasteiger partial charge in [0.25, 0.3) is 0 Å². The third-order valence-electron chi connectivity index (χ3n) is 5.36. The minimum Gasteiger partial charge on any atom is -0.474 e. The number of halogens is 3. The van der Waals surface area contributed by atoms with Crippen molar-refractivity contribution in [2.24, 2.45) is 0 Å². The molecule has 1 N–H and O–H groups in total. The van der Waals surface area contributed by atoms with Gasteiger partial charge in [0.1, 0.15) is 17.8 Å². The van der Waals surface area contributed by atoms with Gasteiger partial charge in [-0.15, -0.1) is 12.4 Å². The fraction of sp³-hybridized carbons (Fsp3) is 0.560. The van der Waals surface area contributed by atoms with Crippen molar-refractivity contribution in [1.82, 2.24) is 20.2 Å². The summed E-state index contributed by atoms with van der Waals surface area (Å²) in [5, 5.41) is 4.51. The molecule has 0 spiro atoms. The number of nitrogens with one attached hydrogen (secondary N) is 1.